The van der Waals surface area contributed by atoms with E-state index in [0.717, 1.165) is 11.1 Å². The molecule has 1 aromatic heterocycles. The van der Waals surface area contributed by atoms with Gasteiger partial charge in [0, 0.05) is 20.1 Å². The lowest BCUT2D eigenvalue weighted by molar-refractivity contribution is 0.566. The summed E-state index contributed by atoms with van der Waals surface area (Å²) in [6.07, 6.45) is 0. The molecule has 0 aliphatic carbocycles. The number of benzene rings is 2. The minimum atomic E-state index is -3.71. The van der Waals surface area contributed by atoms with E-state index in [1.807, 2.05) is 38.1 Å². The maximum Gasteiger partial charge on any atom is 0.328 e. The molecular weight excluding hydrogens is 338 g/mol. The Morgan fingerprint density at radius 1 is 1.00 bits per heavy atom. The largest absolute Gasteiger partial charge is 0.328 e. The molecule has 0 saturated heterocycles. The highest BCUT2D eigenvalue weighted by molar-refractivity contribution is 7.89. The lowest BCUT2D eigenvalue weighted by Gasteiger charge is -2.17. The Balaban J connectivity index is 2.00. The van der Waals surface area contributed by atoms with Gasteiger partial charge in [0.2, 0.25) is 10.0 Å². The fourth-order valence-electron chi connectivity index (χ4n) is 3.09. The van der Waals surface area contributed by atoms with Crippen LogP contribution in [0.3, 0.4) is 0 Å². The minimum Gasteiger partial charge on any atom is -0.295 e. The molecule has 0 aliphatic heterocycles. The molecule has 1 unspecified atom stereocenters. The number of aryl methyl sites for hydroxylation is 3. The van der Waals surface area contributed by atoms with Crippen molar-refractivity contribution >= 4 is 21.1 Å². The molecular formula is C18H21N3O3S. The summed E-state index contributed by atoms with van der Waals surface area (Å²) in [5.41, 5.74) is 3.04. The maximum absolute atomic E-state index is 12.8. The smallest absolute Gasteiger partial charge is 0.295 e. The van der Waals surface area contributed by atoms with Crippen molar-refractivity contribution in [3.63, 3.8) is 0 Å². The van der Waals surface area contributed by atoms with E-state index in [2.05, 4.69) is 4.72 Å². The molecule has 1 atom stereocenters. The molecule has 0 aliphatic rings. The predicted octanol–water partition coefficient (Wildman–Crippen LogP) is 2.22. The van der Waals surface area contributed by atoms with Gasteiger partial charge in [-0.05, 0) is 43.2 Å². The zero-order chi connectivity index (χ0) is 18.4. The summed E-state index contributed by atoms with van der Waals surface area (Å²) < 4.78 is 31.2. The van der Waals surface area contributed by atoms with Crippen LogP contribution < -0.4 is 10.4 Å². The van der Waals surface area contributed by atoms with Gasteiger partial charge in [0.15, 0.2) is 0 Å². The van der Waals surface area contributed by atoms with Gasteiger partial charge >= 0.3 is 5.69 Å². The third kappa shape index (κ3) is 3.01. The first-order valence-electron chi connectivity index (χ1n) is 7.95. The molecule has 0 spiro atoms. The van der Waals surface area contributed by atoms with Gasteiger partial charge in [0.1, 0.15) is 0 Å². The fourth-order valence-corrected chi connectivity index (χ4v) is 4.33. The third-order valence-corrected chi connectivity index (χ3v) is 6.08. The highest BCUT2D eigenvalue weighted by Crippen LogP contribution is 2.22. The normalized spacial score (nSPS) is 13.3. The van der Waals surface area contributed by atoms with Crippen LogP contribution in [0, 0.1) is 6.92 Å². The lowest BCUT2D eigenvalue weighted by atomic mass is 10.0. The zero-order valence-corrected chi connectivity index (χ0v) is 15.5. The van der Waals surface area contributed by atoms with Crippen molar-refractivity contribution in [2.24, 2.45) is 14.1 Å². The summed E-state index contributed by atoms with van der Waals surface area (Å²) in [4.78, 5) is 12.2. The van der Waals surface area contributed by atoms with Crippen LogP contribution in [-0.4, -0.2) is 17.6 Å². The standard InChI is InChI=1S/C18H21N3O3S/c1-12-7-5-6-8-15(12)13(2)19-25(23,24)14-9-10-16-17(11-14)21(4)18(22)20(16)3/h5-11,13,19H,1-4H3. The van der Waals surface area contributed by atoms with Crippen molar-refractivity contribution in [2.45, 2.75) is 24.8 Å². The Labute approximate surface area is 146 Å². The molecule has 25 heavy (non-hydrogen) atoms. The average molecular weight is 359 g/mol. The number of nitrogens with zero attached hydrogens (tertiary/aromatic N) is 2. The van der Waals surface area contributed by atoms with Crippen molar-refractivity contribution in [3.05, 3.63) is 64.1 Å². The van der Waals surface area contributed by atoms with Crippen LogP contribution in [0.4, 0.5) is 0 Å². The Hall–Kier alpha value is -2.38. The lowest BCUT2D eigenvalue weighted by Crippen LogP contribution is -2.27. The molecule has 6 nitrogen and oxygen atoms in total. The van der Waals surface area contributed by atoms with Crippen molar-refractivity contribution in [1.29, 1.82) is 0 Å². The van der Waals surface area contributed by atoms with Crippen molar-refractivity contribution in [3.8, 4) is 0 Å². The summed E-state index contributed by atoms with van der Waals surface area (Å²) in [5, 5.41) is 0. The molecule has 1 N–H and O–H groups in total. The van der Waals surface area contributed by atoms with Gasteiger partial charge in [-0.25, -0.2) is 17.9 Å². The molecule has 0 amide bonds. The van der Waals surface area contributed by atoms with E-state index >= 15 is 0 Å². The van der Waals surface area contributed by atoms with Crippen molar-refractivity contribution in [1.82, 2.24) is 13.9 Å². The molecule has 0 saturated carbocycles. The van der Waals surface area contributed by atoms with Crippen LogP contribution >= 0.6 is 0 Å². The number of fused-ring (bicyclic) bond motifs is 1. The van der Waals surface area contributed by atoms with Crippen LogP contribution in [0.25, 0.3) is 11.0 Å². The van der Waals surface area contributed by atoms with E-state index in [1.54, 1.807) is 20.2 Å². The number of hydrogen-bond donors (Lipinski definition) is 1. The van der Waals surface area contributed by atoms with Crippen LogP contribution in [0.5, 0.6) is 0 Å². The van der Waals surface area contributed by atoms with E-state index < -0.39 is 10.0 Å². The maximum atomic E-state index is 12.8. The van der Waals surface area contributed by atoms with E-state index in [1.165, 1.54) is 21.3 Å². The second kappa shape index (κ2) is 6.16. The van der Waals surface area contributed by atoms with Gasteiger partial charge in [0.25, 0.3) is 0 Å². The Morgan fingerprint density at radius 3 is 2.32 bits per heavy atom. The van der Waals surface area contributed by atoms with Gasteiger partial charge in [-0.15, -0.1) is 0 Å². The second-order valence-corrected chi connectivity index (χ2v) is 7.96. The van der Waals surface area contributed by atoms with Gasteiger partial charge in [-0.2, -0.15) is 0 Å². The Morgan fingerprint density at radius 2 is 1.64 bits per heavy atom. The SMILES string of the molecule is Cc1ccccc1C(C)NS(=O)(=O)c1ccc2c(c1)n(C)c(=O)n2C. The van der Waals surface area contributed by atoms with E-state index in [-0.39, 0.29) is 16.6 Å². The number of sulfonamides is 1. The van der Waals surface area contributed by atoms with Crippen LogP contribution in [-0.2, 0) is 24.1 Å². The summed E-state index contributed by atoms with van der Waals surface area (Å²) >= 11 is 0. The summed E-state index contributed by atoms with van der Waals surface area (Å²) in [6.45, 7) is 3.77. The first-order chi connectivity index (χ1) is 11.7. The number of aromatic nitrogens is 2. The van der Waals surface area contributed by atoms with E-state index in [4.69, 9.17) is 0 Å². The molecule has 2 aromatic carbocycles. The Kier molecular flexibility index (Phi) is 4.30. The first kappa shape index (κ1) is 17.4. The molecule has 132 valence electrons. The molecule has 0 bridgehead atoms. The molecule has 0 fully saturated rings. The van der Waals surface area contributed by atoms with Gasteiger partial charge in [0.05, 0.1) is 15.9 Å². The third-order valence-electron chi connectivity index (χ3n) is 4.54. The van der Waals surface area contributed by atoms with Crippen molar-refractivity contribution in [2.75, 3.05) is 0 Å². The average Bonchev–Trinajstić information content (AvgIpc) is 2.79. The molecule has 1 heterocycles. The predicted molar refractivity (Wildman–Crippen MR) is 98.1 cm³/mol. The number of imidazole rings is 1. The summed E-state index contributed by atoms with van der Waals surface area (Å²) in [5.74, 6) is 0. The van der Waals surface area contributed by atoms with Crippen molar-refractivity contribution < 1.29 is 8.42 Å². The first-order valence-corrected chi connectivity index (χ1v) is 9.44. The number of hydrogen-bond acceptors (Lipinski definition) is 3. The van der Waals surface area contributed by atoms with E-state index in [0.29, 0.717) is 11.0 Å². The molecule has 3 aromatic rings. The quantitative estimate of drug-likeness (QED) is 0.776. The highest BCUT2D eigenvalue weighted by atomic mass is 32.2. The van der Waals surface area contributed by atoms with Gasteiger partial charge in [-0.1, -0.05) is 24.3 Å². The number of rotatable bonds is 4. The van der Waals surface area contributed by atoms with Crippen LogP contribution in [0.15, 0.2) is 52.2 Å². The van der Waals surface area contributed by atoms with Crippen LogP contribution in [0.1, 0.15) is 24.1 Å². The summed E-state index contributed by atoms with van der Waals surface area (Å²) in [6, 6.07) is 12.0. The van der Waals surface area contributed by atoms with Crippen LogP contribution in [0.2, 0.25) is 0 Å². The topological polar surface area (TPSA) is 73.1 Å². The Bertz CT molecular complexity index is 1110. The molecule has 7 heteroatoms. The minimum absolute atomic E-state index is 0.140. The van der Waals surface area contributed by atoms with Gasteiger partial charge in [-0.3, -0.25) is 9.13 Å². The monoisotopic (exact) mass is 359 g/mol. The zero-order valence-electron chi connectivity index (χ0n) is 14.6. The van der Waals surface area contributed by atoms with E-state index in [9.17, 15) is 13.2 Å². The fraction of sp³-hybridized carbons (Fsp3) is 0.278. The number of nitrogens with one attached hydrogen (secondary N) is 1. The highest BCUT2D eigenvalue weighted by Gasteiger charge is 2.21. The summed E-state index contributed by atoms with van der Waals surface area (Å²) in [7, 11) is -0.417. The van der Waals surface area contributed by atoms with Gasteiger partial charge < -0.3 is 0 Å². The molecule has 0 radical (unpaired) electrons. The molecule has 3 rings (SSSR count). The second-order valence-electron chi connectivity index (χ2n) is 6.25.